The molecule has 0 radical (unpaired) electrons. The Bertz CT molecular complexity index is 933. The van der Waals surface area contributed by atoms with Gasteiger partial charge in [-0.25, -0.2) is 4.39 Å². The third kappa shape index (κ3) is 5.10. The second-order valence-electron chi connectivity index (χ2n) is 6.01. The summed E-state index contributed by atoms with van der Waals surface area (Å²) in [4.78, 5) is 12.1. The maximum Gasteiger partial charge on any atom is 0.234 e. The summed E-state index contributed by atoms with van der Waals surface area (Å²) in [6.07, 6.45) is -0.287. The van der Waals surface area contributed by atoms with E-state index in [1.807, 2.05) is 48.7 Å². The van der Waals surface area contributed by atoms with Gasteiger partial charge in [-0.15, -0.1) is 10.2 Å². The van der Waals surface area contributed by atoms with E-state index in [0.717, 1.165) is 5.75 Å². The molecule has 2 aromatic carbocycles. The van der Waals surface area contributed by atoms with Crippen LogP contribution in [0.1, 0.15) is 25.8 Å². The SMILES string of the molecule is CCn1c(SCC(=O)Nc2cccc(F)c2)nnc1[C@H](C)Oc1ccccc1. The molecule has 0 fully saturated rings. The minimum Gasteiger partial charge on any atom is -0.483 e. The lowest BCUT2D eigenvalue weighted by molar-refractivity contribution is -0.113. The van der Waals surface area contributed by atoms with Crippen molar-refractivity contribution in [2.24, 2.45) is 0 Å². The van der Waals surface area contributed by atoms with Gasteiger partial charge in [-0.3, -0.25) is 4.79 Å². The summed E-state index contributed by atoms with van der Waals surface area (Å²) in [6, 6.07) is 15.3. The first-order chi connectivity index (χ1) is 13.6. The molecular weight excluding hydrogens is 379 g/mol. The Morgan fingerprint density at radius 1 is 1.21 bits per heavy atom. The molecule has 0 unspecified atom stereocenters. The van der Waals surface area contributed by atoms with E-state index in [-0.39, 0.29) is 17.8 Å². The van der Waals surface area contributed by atoms with Crippen LogP contribution in [0.2, 0.25) is 0 Å². The van der Waals surface area contributed by atoms with Gasteiger partial charge in [0.25, 0.3) is 0 Å². The summed E-state index contributed by atoms with van der Waals surface area (Å²) in [6.45, 7) is 4.55. The first kappa shape index (κ1) is 19.9. The van der Waals surface area contributed by atoms with Crippen LogP contribution in [0.3, 0.4) is 0 Å². The zero-order chi connectivity index (χ0) is 19.9. The number of anilines is 1. The first-order valence-corrected chi connectivity index (χ1v) is 9.88. The molecule has 0 aliphatic rings. The van der Waals surface area contributed by atoms with Gasteiger partial charge < -0.3 is 14.6 Å². The lowest BCUT2D eigenvalue weighted by Crippen LogP contribution is -2.15. The molecule has 0 aliphatic heterocycles. The zero-order valence-electron chi connectivity index (χ0n) is 15.6. The first-order valence-electron chi connectivity index (χ1n) is 8.90. The Hall–Kier alpha value is -2.87. The Morgan fingerprint density at radius 2 is 2.00 bits per heavy atom. The van der Waals surface area contributed by atoms with Crippen LogP contribution in [-0.2, 0) is 11.3 Å². The second-order valence-corrected chi connectivity index (χ2v) is 6.95. The highest BCUT2D eigenvalue weighted by molar-refractivity contribution is 7.99. The molecule has 0 bridgehead atoms. The highest BCUT2D eigenvalue weighted by atomic mass is 32.2. The van der Waals surface area contributed by atoms with Crippen LogP contribution in [0.15, 0.2) is 59.8 Å². The molecule has 1 atom stereocenters. The number of thioether (sulfide) groups is 1. The summed E-state index contributed by atoms with van der Waals surface area (Å²) < 4.78 is 21.1. The molecule has 28 heavy (non-hydrogen) atoms. The molecule has 146 valence electrons. The number of nitrogens with zero attached hydrogens (tertiary/aromatic N) is 3. The fraction of sp³-hybridized carbons (Fsp3) is 0.250. The van der Waals surface area contributed by atoms with Gasteiger partial charge in [-0.05, 0) is 44.2 Å². The van der Waals surface area contributed by atoms with Gasteiger partial charge in [0.05, 0.1) is 5.75 Å². The number of ether oxygens (including phenoxy) is 1. The molecule has 1 aromatic heterocycles. The molecule has 3 aromatic rings. The van der Waals surface area contributed by atoms with E-state index in [9.17, 15) is 9.18 Å². The van der Waals surface area contributed by atoms with Gasteiger partial charge in [0, 0.05) is 12.2 Å². The number of amides is 1. The fourth-order valence-corrected chi connectivity index (χ4v) is 3.46. The van der Waals surface area contributed by atoms with E-state index in [2.05, 4.69) is 15.5 Å². The molecule has 0 spiro atoms. The van der Waals surface area contributed by atoms with E-state index >= 15 is 0 Å². The predicted molar refractivity (Wildman–Crippen MR) is 107 cm³/mol. The Balaban J connectivity index is 1.62. The Kier molecular flexibility index (Phi) is 6.65. The summed E-state index contributed by atoms with van der Waals surface area (Å²) in [5.41, 5.74) is 0.424. The number of carbonyl (C=O) groups excluding carboxylic acids is 1. The molecule has 0 aliphatic carbocycles. The number of benzene rings is 2. The van der Waals surface area contributed by atoms with E-state index in [4.69, 9.17) is 4.74 Å². The van der Waals surface area contributed by atoms with Crippen molar-refractivity contribution in [3.63, 3.8) is 0 Å². The van der Waals surface area contributed by atoms with Crippen molar-refractivity contribution >= 4 is 23.4 Å². The van der Waals surface area contributed by atoms with Crippen molar-refractivity contribution in [2.45, 2.75) is 31.7 Å². The molecule has 6 nitrogen and oxygen atoms in total. The van der Waals surface area contributed by atoms with Crippen LogP contribution in [0.4, 0.5) is 10.1 Å². The maximum atomic E-state index is 13.2. The summed E-state index contributed by atoms with van der Waals surface area (Å²) in [5, 5.41) is 11.7. The lowest BCUT2D eigenvalue weighted by atomic mass is 10.3. The van der Waals surface area contributed by atoms with Crippen LogP contribution < -0.4 is 10.1 Å². The largest absolute Gasteiger partial charge is 0.483 e. The molecule has 1 amide bonds. The number of carbonyl (C=O) groups is 1. The monoisotopic (exact) mass is 400 g/mol. The quantitative estimate of drug-likeness (QED) is 0.571. The minimum atomic E-state index is -0.395. The Labute approximate surface area is 167 Å². The molecule has 1 heterocycles. The third-order valence-electron chi connectivity index (χ3n) is 3.92. The van der Waals surface area contributed by atoms with Gasteiger partial charge in [0.15, 0.2) is 17.1 Å². The normalized spacial score (nSPS) is 11.8. The van der Waals surface area contributed by atoms with Gasteiger partial charge in [-0.2, -0.15) is 0 Å². The highest BCUT2D eigenvalue weighted by Gasteiger charge is 2.19. The van der Waals surface area contributed by atoms with Crippen molar-refractivity contribution in [1.82, 2.24) is 14.8 Å². The average molecular weight is 400 g/mol. The Morgan fingerprint density at radius 3 is 2.71 bits per heavy atom. The summed E-state index contributed by atoms with van der Waals surface area (Å²) in [7, 11) is 0. The van der Waals surface area contributed by atoms with Crippen molar-refractivity contribution in [3.8, 4) is 5.75 Å². The molecular formula is C20H21FN4O2S. The lowest BCUT2D eigenvalue weighted by Gasteiger charge is -2.15. The van der Waals surface area contributed by atoms with Gasteiger partial charge in [0.2, 0.25) is 5.91 Å². The molecule has 1 N–H and O–H groups in total. The zero-order valence-corrected chi connectivity index (χ0v) is 16.4. The van der Waals surface area contributed by atoms with E-state index < -0.39 is 5.82 Å². The summed E-state index contributed by atoms with van der Waals surface area (Å²) >= 11 is 1.28. The fourth-order valence-electron chi connectivity index (χ4n) is 2.65. The van der Waals surface area contributed by atoms with Crippen molar-refractivity contribution in [1.29, 1.82) is 0 Å². The molecule has 8 heteroatoms. The number of hydrogen-bond donors (Lipinski definition) is 1. The van der Waals surface area contributed by atoms with E-state index in [0.29, 0.717) is 23.2 Å². The highest BCUT2D eigenvalue weighted by Crippen LogP contribution is 2.24. The van der Waals surface area contributed by atoms with Crippen LogP contribution >= 0.6 is 11.8 Å². The number of para-hydroxylation sites is 1. The number of hydrogen-bond acceptors (Lipinski definition) is 5. The number of halogens is 1. The van der Waals surface area contributed by atoms with Crippen LogP contribution in [-0.4, -0.2) is 26.4 Å². The van der Waals surface area contributed by atoms with Crippen LogP contribution in [0, 0.1) is 5.82 Å². The molecule has 0 saturated heterocycles. The van der Waals surface area contributed by atoms with Gasteiger partial charge >= 0.3 is 0 Å². The van der Waals surface area contributed by atoms with Crippen LogP contribution in [0.25, 0.3) is 0 Å². The minimum absolute atomic E-state index is 0.141. The van der Waals surface area contributed by atoms with Gasteiger partial charge in [0.1, 0.15) is 11.6 Å². The van der Waals surface area contributed by atoms with E-state index in [1.165, 1.54) is 23.9 Å². The topological polar surface area (TPSA) is 69.0 Å². The predicted octanol–water partition coefficient (Wildman–Crippen LogP) is 4.31. The average Bonchev–Trinajstić information content (AvgIpc) is 3.10. The molecule has 3 rings (SSSR count). The number of rotatable bonds is 8. The molecule has 0 saturated carbocycles. The third-order valence-corrected chi connectivity index (χ3v) is 4.89. The summed E-state index contributed by atoms with van der Waals surface area (Å²) in [5.74, 6) is 0.955. The van der Waals surface area contributed by atoms with Gasteiger partial charge in [-0.1, -0.05) is 36.0 Å². The smallest absolute Gasteiger partial charge is 0.234 e. The maximum absolute atomic E-state index is 13.2. The standard InChI is InChI=1S/C20H21FN4O2S/c1-3-25-19(14(2)27-17-10-5-4-6-11-17)23-24-20(25)28-13-18(26)22-16-9-7-8-15(21)12-16/h4-12,14H,3,13H2,1-2H3,(H,22,26)/t14-/m0/s1. The van der Waals surface area contributed by atoms with Crippen molar-refractivity contribution in [2.75, 3.05) is 11.1 Å². The van der Waals surface area contributed by atoms with Crippen molar-refractivity contribution in [3.05, 3.63) is 66.2 Å². The second kappa shape index (κ2) is 9.36. The number of nitrogens with one attached hydrogen (secondary N) is 1. The van der Waals surface area contributed by atoms with Crippen LogP contribution in [0.5, 0.6) is 5.75 Å². The van der Waals surface area contributed by atoms with Crippen molar-refractivity contribution < 1.29 is 13.9 Å². The number of aromatic nitrogens is 3. The van der Waals surface area contributed by atoms with E-state index in [1.54, 1.807) is 12.1 Å².